The summed E-state index contributed by atoms with van der Waals surface area (Å²) in [6.45, 7) is 4.00. The number of fused-ring (bicyclic) bond motifs is 1. The molecule has 140 valence electrons. The molecule has 3 rings (SSSR count). The molecule has 0 saturated heterocycles. The maximum absolute atomic E-state index is 12.6. The van der Waals surface area contributed by atoms with E-state index in [0.29, 0.717) is 17.8 Å². The average molecular weight is 367 g/mol. The van der Waals surface area contributed by atoms with Gasteiger partial charge in [0.1, 0.15) is 11.3 Å². The van der Waals surface area contributed by atoms with Crippen LogP contribution in [-0.4, -0.2) is 22.9 Å². The number of carbonyl (C=O) groups is 1. The van der Waals surface area contributed by atoms with Crippen molar-refractivity contribution in [3.8, 4) is 0 Å². The van der Waals surface area contributed by atoms with E-state index in [9.17, 15) is 14.9 Å². The summed E-state index contributed by atoms with van der Waals surface area (Å²) >= 11 is 0. The first-order valence-corrected chi connectivity index (χ1v) is 8.67. The van der Waals surface area contributed by atoms with E-state index in [1.54, 1.807) is 26.1 Å². The van der Waals surface area contributed by atoms with Crippen LogP contribution in [0.4, 0.5) is 16.2 Å². The highest BCUT2D eigenvalue weighted by Crippen LogP contribution is 2.28. The highest BCUT2D eigenvalue weighted by molar-refractivity contribution is 5.91. The molecule has 0 atom stereocenters. The molecule has 0 aliphatic rings. The van der Waals surface area contributed by atoms with Crippen LogP contribution < -0.4 is 5.32 Å². The number of benzene rings is 2. The van der Waals surface area contributed by atoms with Crippen molar-refractivity contribution in [2.24, 2.45) is 0 Å². The number of carbonyl (C=O) groups excluding carboxylic acids is 1. The third-order valence-electron chi connectivity index (χ3n) is 4.59. The van der Waals surface area contributed by atoms with E-state index >= 15 is 0 Å². The lowest BCUT2D eigenvalue weighted by atomic mass is 10.1. The van der Waals surface area contributed by atoms with E-state index in [0.717, 1.165) is 28.7 Å². The van der Waals surface area contributed by atoms with E-state index in [1.807, 2.05) is 31.2 Å². The summed E-state index contributed by atoms with van der Waals surface area (Å²) in [6.07, 6.45) is 0.726. The standard InChI is InChI=1S/C20H21N3O4/c1-4-18-15(14-8-5-6-11-19(14)27-18)12-22(3)20(24)21-16-9-7-10-17(13(16)2)23(25)26/h5-11H,4,12H2,1-3H3,(H,21,24). The largest absolute Gasteiger partial charge is 0.461 e. The number of para-hydroxylation sites is 1. The van der Waals surface area contributed by atoms with Crippen molar-refractivity contribution in [2.75, 3.05) is 12.4 Å². The van der Waals surface area contributed by atoms with Gasteiger partial charge in [-0.1, -0.05) is 31.2 Å². The SMILES string of the molecule is CCc1oc2ccccc2c1CN(C)C(=O)Nc1cccc([N+](=O)[O-])c1C. The van der Waals surface area contributed by atoms with Crippen molar-refractivity contribution < 1.29 is 14.1 Å². The molecular weight excluding hydrogens is 346 g/mol. The van der Waals surface area contributed by atoms with Crippen molar-refractivity contribution in [1.29, 1.82) is 0 Å². The molecular formula is C20H21N3O4. The number of aryl methyl sites for hydroxylation is 1. The van der Waals surface area contributed by atoms with Gasteiger partial charge in [0.25, 0.3) is 5.69 Å². The fraction of sp³-hybridized carbons (Fsp3) is 0.250. The van der Waals surface area contributed by atoms with Crippen LogP contribution in [0.2, 0.25) is 0 Å². The summed E-state index contributed by atoms with van der Waals surface area (Å²) in [7, 11) is 1.68. The van der Waals surface area contributed by atoms with Gasteiger partial charge >= 0.3 is 6.03 Å². The number of urea groups is 1. The monoisotopic (exact) mass is 367 g/mol. The van der Waals surface area contributed by atoms with Gasteiger partial charge < -0.3 is 14.6 Å². The Hall–Kier alpha value is -3.35. The van der Waals surface area contributed by atoms with Crippen LogP contribution in [0.3, 0.4) is 0 Å². The summed E-state index contributed by atoms with van der Waals surface area (Å²) in [6, 6.07) is 12.0. The van der Waals surface area contributed by atoms with Crippen LogP contribution in [0.1, 0.15) is 23.8 Å². The Balaban J connectivity index is 1.82. The van der Waals surface area contributed by atoms with Crippen molar-refractivity contribution in [2.45, 2.75) is 26.8 Å². The van der Waals surface area contributed by atoms with Crippen molar-refractivity contribution in [1.82, 2.24) is 4.90 Å². The molecule has 1 N–H and O–H groups in total. The molecule has 0 aliphatic carbocycles. The number of anilines is 1. The number of rotatable bonds is 5. The summed E-state index contributed by atoms with van der Waals surface area (Å²) < 4.78 is 5.88. The first-order valence-electron chi connectivity index (χ1n) is 8.67. The minimum atomic E-state index is -0.458. The highest BCUT2D eigenvalue weighted by Gasteiger charge is 2.19. The van der Waals surface area contributed by atoms with Gasteiger partial charge in [-0.2, -0.15) is 0 Å². The second-order valence-corrected chi connectivity index (χ2v) is 6.35. The molecule has 0 aliphatic heterocycles. The Kier molecular flexibility index (Phi) is 5.12. The molecule has 7 heteroatoms. The number of nitro benzene ring substituents is 1. The number of amides is 2. The van der Waals surface area contributed by atoms with E-state index in [-0.39, 0.29) is 11.7 Å². The van der Waals surface area contributed by atoms with E-state index in [2.05, 4.69) is 5.32 Å². The van der Waals surface area contributed by atoms with Crippen molar-refractivity contribution in [3.05, 3.63) is 69.5 Å². The van der Waals surface area contributed by atoms with Gasteiger partial charge in [-0.25, -0.2) is 4.79 Å². The van der Waals surface area contributed by atoms with Crippen molar-refractivity contribution in [3.63, 3.8) is 0 Å². The van der Waals surface area contributed by atoms with Gasteiger partial charge in [-0.3, -0.25) is 10.1 Å². The molecule has 0 radical (unpaired) electrons. The zero-order valence-electron chi connectivity index (χ0n) is 15.5. The molecule has 1 heterocycles. The number of nitrogens with one attached hydrogen (secondary N) is 1. The Morgan fingerprint density at radius 2 is 1.96 bits per heavy atom. The molecule has 2 aromatic carbocycles. The van der Waals surface area contributed by atoms with Crippen LogP contribution in [0.15, 0.2) is 46.9 Å². The number of hydrogen-bond donors (Lipinski definition) is 1. The molecule has 0 fully saturated rings. The Labute approximate surface area is 156 Å². The highest BCUT2D eigenvalue weighted by atomic mass is 16.6. The van der Waals surface area contributed by atoms with Gasteiger partial charge in [0.05, 0.1) is 22.7 Å². The lowest BCUT2D eigenvalue weighted by molar-refractivity contribution is -0.385. The van der Waals surface area contributed by atoms with Crippen LogP contribution in [0.5, 0.6) is 0 Å². The fourth-order valence-electron chi connectivity index (χ4n) is 3.08. The Morgan fingerprint density at radius 1 is 1.22 bits per heavy atom. The van der Waals surface area contributed by atoms with Gasteiger partial charge in [-0.15, -0.1) is 0 Å². The molecule has 0 spiro atoms. The minimum absolute atomic E-state index is 0.0236. The third-order valence-corrected chi connectivity index (χ3v) is 4.59. The lowest BCUT2D eigenvalue weighted by Crippen LogP contribution is -2.31. The molecule has 1 aromatic heterocycles. The lowest BCUT2D eigenvalue weighted by Gasteiger charge is -2.19. The summed E-state index contributed by atoms with van der Waals surface area (Å²) in [5, 5.41) is 14.8. The Morgan fingerprint density at radius 3 is 2.67 bits per heavy atom. The number of hydrogen-bond acceptors (Lipinski definition) is 4. The molecule has 0 bridgehead atoms. The molecule has 2 amide bonds. The molecule has 0 unspecified atom stereocenters. The number of furan rings is 1. The second-order valence-electron chi connectivity index (χ2n) is 6.35. The van der Waals surface area contributed by atoms with Gasteiger partial charge in [0.2, 0.25) is 0 Å². The zero-order valence-corrected chi connectivity index (χ0v) is 15.5. The summed E-state index contributed by atoms with van der Waals surface area (Å²) in [5.41, 5.74) is 2.60. The van der Waals surface area contributed by atoms with Crippen LogP contribution in [0.25, 0.3) is 11.0 Å². The fourth-order valence-corrected chi connectivity index (χ4v) is 3.08. The number of nitrogens with zero attached hydrogens (tertiary/aromatic N) is 2. The normalized spacial score (nSPS) is 10.8. The first-order chi connectivity index (χ1) is 12.9. The smallest absolute Gasteiger partial charge is 0.321 e. The van der Waals surface area contributed by atoms with Gasteiger partial charge in [-0.05, 0) is 19.1 Å². The first kappa shape index (κ1) is 18.4. The van der Waals surface area contributed by atoms with Crippen LogP contribution in [0, 0.1) is 17.0 Å². The number of nitro groups is 1. The van der Waals surface area contributed by atoms with Crippen LogP contribution >= 0.6 is 0 Å². The minimum Gasteiger partial charge on any atom is -0.461 e. The van der Waals surface area contributed by atoms with Crippen molar-refractivity contribution >= 4 is 28.4 Å². The van der Waals surface area contributed by atoms with E-state index in [4.69, 9.17) is 4.42 Å². The van der Waals surface area contributed by atoms with Gasteiger partial charge in [0, 0.05) is 30.5 Å². The zero-order chi connectivity index (χ0) is 19.6. The maximum Gasteiger partial charge on any atom is 0.321 e. The summed E-state index contributed by atoms with van der Waals surface area (Å²) in [4.78, 5) is 24.8. The van der Waals surface area contributed by atoms with E-state index in [1.165, 1.54) is 11.0 Å². The predicted molar refractivity (Wildman–Crippen MR) is 104 cm³/mol. The Bertz CT molecular complexity index is 1010. The topological polar surface area (TPSA) is 88.6 Å². The van der Waals surface area contributed by atoms with Crippen LogP contribution in [-0.2, 0) is 13.0 Å². The molecule has 0 saturated carbocycles. The van der Waals surface area contributed by atoms with Gasteiger partial charge in [0.15, 0.2) is 0 Å². The maximum atomic E-state index is 12.6. The summed E-state index contributed by atoms with van der Waals surface area (Å²) in [5.74, 6) is 0.849. The predicted octanol–water partition coefficient (Wildman–Crippen LogP) is 4.88. The third kappa shape index (κ3) is 3.62. The quantitative estimate of drug-likeness (QED) is 0.514. The molecule has 7 nitrogen and oxygen atoms in total. The average Bonchev–Trinajstić information content (AvgIpc) is 3.00. The van der Waals surface area contributed by atoms with E-state index < -0.39 is 4.92 Å². The molecule has 3 aromatic rings. The molecule has 27 heavy (non-hydrogen) atoms. The second kappa shape index (κ2) is 7.49.